The van der Waals surface area contributed by atoms with E-state index in [4.69, 9.17) is 4.74 Å². The van der Waals surface area contributed by atoms with E-state index in [9.17, 15) is 4.79 Å². The van der Waals surface area contributed by atoms with Gasteiger partial charge in [0.1, 0.15) is 5.75 Å². The van der Waals surface area contributed by atoms with Crippen LogP contribution in [0.5, 0.6) is 5.75 Å². The standard InChI is InChI=1S/C14H17N3O2/c1-11-7-9-17(16-11)10-8-14(18)15-12-5-3-4-6-13(12)19-2/h3-7,9H,8,10H2,1-2H3,(H,15,18). The lowest BCUT2D eigenvalue weighted by Crippen LogP contribution is -2.15. The van der Waals surface area contributed by atoms with Gasteiger partial charge in [0.05, 0.1) is 18.5 Å². The first-order chi connectivity index (χ1) is 9.19. The van der Waals surface area contributed by atoms with Gasteiger partial charge in [0, 0.05) is 19.2 Å². The van der Waals surface area contributed by atoms with Crippen molar-refractivity contribution in [2.45, 2.75) is 19.9 Å². The Hall–Kier alpha value is -2.30. The highest BCUT2D eigenvalue weighted by atomic mass is 16.5. The van der Waals surface area contributed by atoms with Crippen LogP contribution in [0.2, 0.25) is 0 Å². The Morgan fingerprint density at radius 3 is 2.84 bits per heavy atom. The molecular formula is C14H17N3O2. The second-order valence-electron chi connectivity index (χ2n) is 4.22. The number of para-hydroxylation sites is 2. The van der Waals surface area contributed by atoms with Gasteiger partial charge in [-0.25, -0.2) is 0 Å². The van der Waals surface area contributed by atoms with Gasteiger partial charge < -0.3 is 10.1 Å². The quantitative estimate of drug-likeness (QED) is 0.895. The fourth-order valence-electron chi connectivity index (χ4n) is 1.76. The average Bonchev–Trinajstić information content (AvgIpc) is 2.83. The summed E-state index contributed by atoms with van der Waals surface area (Å²) in [5, 5.41) is 7.07. The number of hydrogen-bond acceptors (Lipinski definition) is 3. The van der Waals surface area contributed by atoms with Gasteiger partial charge in [-0.2, -0.15) is 5.10 Å². The van der Waals surface area contributed by atoms with E-state index in [-0.39, 0.29) is 5.91 Å². The predicted octanol–water partition coefficient (Wildman–Crippen LogP) is 2.23. The van der Waals surface area contributed by atoms with Gasteiger partial charge in [0.2, 0.25) is 5.91 Å². The fourth-order valence-corrected chi connectivity index (χ4v) is 1.76. The van der Waals surface area contributed by atoms with Crippen molar-refractivity contribution >= 4 is 11.6 Å². The lowest BCUT2D eigenvalue weighted by Gasteiger charge is -2.09. The van der Waals surface area contributed by atoms with Gasteiger partial charge >= 0.3 is 0 Å². The third kappa shape index (κ3) is 3.58. The first kappa shape index (κ1) is 13.1. The van der Waals surface area contributed by atoms with Crippen LogP contribution in [0.4, 0.5) is 5.69 Å². The SMILES string of the molecule is COc1ccccc1NC(=O)CCn1ccc(C)n1. The van der Waals surface area contributed by atoms with Crippen LogP contribution in [0.1, 0.15) is 12.1 Å². The Balaban J connectivity index is 1.90. The molecule has 1 aromatic heterocycles. The molecular weight excluding hydrogens is 242 g/mol. The van der Waals surface area contributed by atoms with E-state index in [0.717, 1.165) is 5.69 Å². The van der Waals surface area contributed by atoms with Crippen molar-refractivity contribution in [3.8, 4) is 5.75 Å². The molecule has 0 saturated carbocycles. The number of benzene rings is 1. The van der Waals surface area contributed by atoms with Crippen molar-refractivity contribution < 1.29 is 9.53 Å². The number of methoxy groups -OCH3 is 1. The molecule has 0 saturated heterocycles. The summed E-state index contributed by atoms with van der Waals surface area (Å²) in [7, 11) is 1.58. The molecule has 5 nitrogen and oxygen atoms in total. The monoisotopic (exact) mass is 259 g/mol. The molecule has 5 heteroatoms. The lowest BCUT2D eigenvalue weighted by molar-refractivity contribution is -0.116. The van der Waals surface area contributed by atoms with Gasteiger partial charge in [-0.15, -0.1) is 0 Å². The Bertz CT molecular complexity index is 563. The Morgan fingerprint density at radius 1 is 1.37 bits per heavy atom. The van der Waals surface area contributed by atoms with E-state index in [0.29, 0.717) is 24.4 Å². The molecule has 0 aliphatic carbocycles. The average molecular weight is 259 g/mol. The largest absolute Gasteiger partial charge is 0.495 e. The third-order valence-corrected chi connectivity index (χ3v) is 2.72. The molecule has 1 heterocycles. The Kier molecular flexibility index (Phi) is 4.18. The van der Waals surface area contributed by atoms with Crippen molar-refractivity contribution in [1.29, 1.82) is 0 Å². The molecule has 0 atom stereocenters. The summed E-state index contributed by atoms with van der Waals surface area (Å²) in [5.74, 6) is 0.600. The predicted molar refractivity (Wildman–Crippen MR) is 73.2 cm³/mol. The Labute approximate surface area is 112 Å². The minimum absolute atomic E-state index is 0.0577. The first-order valence-corrected chi connectivity index (χ1v) is 6.12. The van der Waals surface area contributed by atoms with Crippen LogP contribution in [0.25, 0.3) is 0 Å². The zero-order chi connectivity index (χ0) is 13.7. The summed E-state index contributed by atoms with van der Waals surface area (Å²) >= 11 is 0. The summed E-state index contributed by atoms with van der Waals surface area (Å²) in [6.45, 7) is 2.49. The zero-order valence-electron chi connectivity index (χ0n) is 11.1. The molecule has 1 N–H and O–H groups in total. The molecule has 1 aromatic carbocycles. The van der Waals surface area contributed by atoms with Crippen molar-refractivity contribution in [3.05, 3.63) is 42.2 Å². The molecule has 0 bridgehead atoms. The molecule has 19 heavy (non-hydrogen) atoms. The topological polar surface area (TPSA) is 56.1 Å². The molecule has 2 rings (SSSR count). The van der Waals surface area contributed by atoms with Gasteiger partial charge in [-0.1, -0.05) is 12.1 Å². The second-order valence-corrected chi connectivity index (χ2v) is 4.22. The number of ether oxygens (including phenoxy) is 1. The van der Waals surface area contributed by atoms with Crippen molar-refractivity contribution in [1.82, 2.24) is 9.78 Å². The maximum Gasteiger partial charge on any atom is 0.226 e. The number of rotatable bonds is 5. The number of nitrogens with zero attached hydrogens (tertiary/aromatic N) is 2. The molecule has 1 amide bonds. The fraction of sp³-hybridized carbons (Fsp3) is 0.286. The highest BCUT2D eigenvalue weighted by Crippen LogP contribution is 2.22. The van der Waals surface area contributed by atoms with E-state index in [1.807, 2.05) is 43.5 Å². The minimum Gasteiger partial charge on any atom is -0.495 e. The van der Waals surface area contributed by atoms with E-state index in [2.05, 4.69) is 10.4 Å². The molecule has 0 unspecified atom stereocenters. The summed E-state index contributed by atoms with van der Waals surface area (Å²) in [6.07, 6.45) is 2.24. The molecule has 0 fully saturated rings. The number of aromatic nitrogens is 2. The second kappa shape index (κ2) is 6.04. The van der Waals surface area contributed by atoms with E-state index in [1.165, 1.54) is 0 Å². The number of carbonyl (C=O) groups excluding carboxylic acids is 1. The van der Waals surface area contributed by atoms with Crippen LogP contribution in [0, 0.1) is 6.92 Å². The van der Waals surface area contributed by atoms with Crippen LogP contribution in [0.3, 0.4) is 0 Å². The van der Waals surface area contributed by atoms with E-state index >= 15 is 0 Å². The van der Waals surface area contributed by atoms with Crippen molar-refractivity contribution in [3.63, 3.8) is 0 Å². The molecule has 0 spiro atoms. The summed E-state index contributed by atoms with van der Waals surface area (Å²) in [6, 6.07) is 9.26. The van der Waals surface area contributed by atoms with Gasteiger partial charge in [0.15, 0.2) is 0 Å². The van der Waals surface area contributed by atoms with Gasteiger partial charge in [-0.3, -0.25) is 9.48 Å². The van der Waals surface area contributed by atoms with E-state index in [1.54, 1.807) is 11.8 Å². The number of amides is 1. The van der Waals surface area contributed by atoms with Crippen LogP contribution < -0.4 is 10.1 Å². The van der Waals surface area contributed by atoms with Gasteiger partial charge in [-0.05, 0) is 25.1 Å². The number of nitrogens with one attached hydrogen (secondary N) is 1. The number of anilines is 1. The van der Waals surface area contributed by atoms with Crippen molar-refractivity contribution in [2.75, 3.05) is 12.4 Å². The summed E-state index contributed by atoms with van der Waals surface area (Å²) in [4.78, 5) is 11.9. The highest BCUT2D eigenvalue weighted by Gasteiger charge is 2.07. The maximum atomic E-state index is 11.9. The number of carbonyl (C=O) groups is 1. The normalized spacial score (nSPS) is 10.2. The maximum absolute atomic E-state index is 11.9. The first-order valence-electron chi connectivity index (χ1n) is 6.12. The summed E-state index contributed by atoms with van der Waals surface area (Å²) in [5.41, 5.74) is 1.64. The van der Waals surface area contributed by atoms with Gasteiger partial charge in [0.25, 0.3) is 0 Å². The third-order valence-electron chi connectivity index (χ3n) is 2.72. The highest BCUT2D eigenvalue weighted by molar-refractivity contribution is 5.92. The van der Waals surface area contributed by atoms with Crippen LogP contribution in [0.15, 0.2) is 36.5 Å². The van der Waals surface area contributed by atoms with Crippen LogP contribution in [-0.4, -0.2) is 22.8 Å². The number of aryl methyl sites for hydroxylation is 2. The smallest absolute Gasteiger partial charge is 0.226 e. The molecule has 2 aromatic rings. The van der Waals surface area contributed by atoms with E-state index < -0.39 is 0 Å². The molecule has 0 aliphatic heterocycles. The molecule has 0 radical (unpaired) electrons. The zero-order valence-corrected chi connectivity index (χ0v) is 11.1. The minimum atomic E-state index is -0.0577. The number of hydrogen-bond donors (Lipinski definition) is 1. The van der Waals surface area contributed by atoms with Crippen LogP contribution in [-0.2, 0) is 11.3 Å². The lowest BCUT2D eigenvalue weighted by atomic mass is 10.3. The van der Waals surface area contributed by atoms with Crippen molar-refractivity contribution in [2.24, 2.45) is 0 Å². The van der Waals surface area contributed by atoms with Crippen LogP contribution >= 0.6 is 0 Å². The molecule has 0 aliphatic rings. The Morgan fingerprint density at radius 2 is 2.16 bits per heavy atom. The summed E-state index contributed by atoms with van der Waals surface area (Å²) < 4.78 is 6.94. The molecule has 100 valence electrons.